The van der Waals surface area contributed by atoms with Gasteiger partial charge in [-0.25, -0.2) is 4.98 Å². The molecule has 0 aliphatic rings. The summed E-state index contributed by atoms with van der Waals surface area (Å²) in [4.78, 5) is 23.1. The Bertz CT molecular complexity index is 1160. The van der Waals surface area contributed by atoms with Crippen molar-refractivity contribution in [2.75, 3.05) is 14.2 Å². The minimum Gasteiger partial charge on any atom is -0.480 e. The van der Waals surface area contributed by atoms with E-state index in [1.54, 1.807) is 14.2 Å². The van der Waals surface area contributed by atoms with E-state index in [1.807, 2.05) is 44.2 Å². The molecule has 0 spiro atoms. The Hall–Kier alpha value is -2.97. The summed E-state index contributed by atoms with van der Waals surface area (Å²) < 4.78 is 16.4. The zero-order valence-electron chi connectivity index (χ0n) is 16.6. The number of fused-ring (bicyclic) bond motifs is 2. The topological polar surface area (TPSA) is 86.5 Å². The van der Waals surface area contributed by atoms with Gasteiger partial charge in [-0.1, -0.05) is 18.2 Å². The minimum atomic E-state index is -0.281. The molecule has 0 aliphatic carbocycles. The van der Waals surface area contributed by atoms with Gasteiger partial charge < -0.3 is 19.2 Å². The number of benzene rings is 1. The largest absolute Gasteiger partial charge is 0.480 e. The van der Waals surface area contributed by atoms with Crippen LogP contribution in [0.1, 0.15) is 39.8 Å². The molecule has 0 saturated carbocycles. The quantitative estimate of drug-likeness (QED) is 0.506. The number of ether oxygens (including phenoxy) is 2. The fourth-order valence-corrected chi connectivity index (χ4v) is 4.34. The molecular formula is C21H21N3O4S. The van der Waals surface area contributed by atoms with Crippen LogP contribution in [-0.2, 0) is 11.3 Å². The van der Waals surface area contributed by atoms with E-state index in [0.717, 1.165) is 21.9 Å². The Morgan fingerprint density at radius 1 is 1.28 bits per heavy atom. The van der Waals surface area contributed by atoms with E-state index in [0.29, 0.717) is 27.2 Å². The summed E-state index contributed by atoms with van der Waals surface area (Å²) in [6.45, 7) is 4.05. The molecule has 0 saturated heterocycles. The second kappa shape index (κ2) is 7.81. The Kier molecular flexibility index (Phi) is 5.21. The summed E-state index contributed by atoms with van der Waals surface area (Å²) >= 11 is 1.31. The molecule has 150 valence electrons. The third-order valence-corrected chi connectivity index (χ3v) is 5.88. The molecule has 1 aromatic carbocycles. The summed E-state index contributed by atoms with van der Waals surface area (Å²) in [5, 5.41) is 4.77. The number of methoxy groups -OCH3 is 2. The summed E-state index contributed by atoms with van der Waals surface area (Å²) in [7, 11) is 3.14. The molecule has 29 heavy (non-hydrogen) atoms. The van der Waals surface area contributed by atoms with Crippen LogP contribution in [0.25, 0.3) is 21.2 Å². The van der Waals surface area contributed by atoms with Gasteiger partial charge in [-0.05, 0) is 31.5 Å². The number of carbonyl (C=O) groups is 1. The number of carbonyl (C=O) groups excluding carboxylic acids is 1. The zero-order chi connectivity index (χ0) is 20.5. The second-order valence-corrected chi connectivity index (χ2v) is 7.70. The zero-order valence-corrected chi connectivity index (χ0v) is 17.4. The molecule has 3 aromatic heterocycles. The van der Waals surface area contributed by atoms with Crippen LogP contribution in [0, 0.1) is 6.92 Å². The molecule has 1 unspecified atom stereocenters. The van der Waals surface area contributed by atoms with Gasteiger partial charge in [0.15, 0.2) is 5.82 Å². The molecule has 1 N–H and O–H groups in total. The van der Waals surface area contributed by atoms with E-state index < -0.39 is 0 Å². The number of rotatable bonds is 6. The van der Waals surface area contributed by atoms with Crippen LogP contribution in [0.5, 0.6) is 5.88 Å². The molecule has 0 bridgehead atoms. The minimum absolute atomic E-state index is 0.186. The molecule has 8 heteroatoms. The van der Waals surface area contributed by atoms with E-state index >= 15 is 0 Å². The summed E-state index contributed by atoms with van der Waals surface area (Å²) in [6.07, 6.45) is 0. The molecule has 3 heterocycles. The van der Waals surface area contributed by atoms with Crippen molar-refractivity contribution in [2.45, 2.75) is 26.5 Å². The van der Waals surface area contributed by atoms with Crippen molar-refractivity contribution in [1.29, 1.82) is 0 Å². The number of furan rings is 1. The molecule has 0 aliphatic heterocycles. The summed E-state index contributed by atoms with van der Waals surface area (Å²) in [5.41, 5.74) is 1.59. The van der Waals surface area contributed by atoms with Crippen LogP contribution >= 0.6 is 11.3 Å². The van der Waals surface area contributed by atoms with Crippen LogP contribution in [0.15, 0.2) is 34.7 Å². The lowest BCUT2D eigenvalue weighted by Crippen LogP contribution is -2.26. The lowest BCUT2D eigenvalue weighted by Gasteiger charge is -2.11. The van der Waals surface area contributed by atoms with Crippen LogP contribution in [0.4, 0.5) is 0 Å². The van der Waals surface area contributed by atoms with E-state index in [1.165, 1.54) is 11.3 Å². The number of amides is 1. The van der Waals surface area contributed by atoms with Crippen molar-refractivity contribution in [1.82, 2.24) is 15.3 Å². The van der Waals surface area contributed by atoms with Crippen LogP contribution in [0.3, 0.4) is 0 Å². The van der Waals surface area contributed by atoms with Gasteiger partial charge in [0.25, 0.3) is 5.91 Å². The van der Waals surface area contributed by atoms with E-state index in [4.69, 9.17) is 13.9 Å². The van der Waals surface area contributed by atoms with Gasteiger partial charge in [0, 0.05) is 12.5 Å². The smallest absolute Gasteiger partial charge is 0.262 e. The molecule has 1 atom stereocenters. The van der Waals surface area contributed by atoms with Crippen LogP contribution < -0.4 is 10.1 Å². The monoisotopic (exact) mass is 411 g/mol. The van der Waals surface area contributed by atoms with Crippen molar-refractivity contribution in [3.63, 3.8) is 0 Å². The first-order valence-electron chi connectivity index (χ1n) is 9.14. The number of hydrogen-bond donors (Lipinski definition) is 1. The lowest BCUT2D eigenvalue weighted by atomic mass is 10.2. The van der Waals surface area contributed by atoms with Crippen LogP contribution in [-0.4, -0.2) is 30.1 Å². The molecule has 4 rings (SSSR count). The highest BCUT2D eigenvalue weighted by Crippen LogP contribution is 2.35. The maximum absolute atomic E-state index is 13.0. The van der Waals surface area contributed by atoms with Gasteiger partial charge in [0.2, 0.25) is 5.88 Å². The predicted octanol–water partition coefficient (Wildman–Crippen LogP) is 4.39. The standard InChI is InChI=1S/C21H21N3O4S/c1-11-17-20(27-4)23-16(10-26-3)24-21(17)29-18(11)19(25)22-12(2)15-9-13-7-5-6-8-14(13)28-15/h5-9,12H,10H2,1-4H3,(H,22,25). The highest BCUT2D eigenvalue weighted by atomic mass is 32.1. The van der Waals surface area contributed by atoms with Crippen molar-refractivity contribution >= 4 is 38.4 Å². The SMILES string of the molecule is COCc1nc(OC)c2c(C)c(C(=O)NC(C)c3cc4ccccc4o3)sc2n1. The molecule has 0 radical (unpaired) electrons. The first-order chi connectivity index (χ1) is 14.0. The summed E-state index contributed by atoms with van der Waals surface area (Å²) in [6, 6.07) is 9.44. The number of para-hydroxylation sites is 1. The number of aromatic nitrogens is 2. The first-order valence-corrected chi connectivity index (χ1v) is 9.95. The van der Waals surface area contributed by atoms with Crippen molar-refractivity contribution in [2.24, 2.45) is 0 Å². The van der Waals surface area contributed by atoms with Gasteiger partial charge >= 0.3 is 0 Å². The highest BCUT2D eigenvalue weighted by Gasteiger charge is 2.23. The van der Waals surface area contributed by atoms with Gasteiger partial charge in [-0.15, -0.1) is 11.3 Å². The third kappa shape index (κ3) is 3.56. The normalized spacial score (nSPS) is 12.4. The highest BCUT2D eigenvalue weighted by molar-refractivity contribution is 7.20. The average Bonchev–Trinajstić information content (AvgIpc) is 3.29. The second-order valence-electron chi connectivity index (χ2n) is 6.70. The Morgan fingerprint density at radius 2 is 2.07 bits per heavy atom. The molecule has 4 aromatic rings. The number of hydrogen-bond acceptors (Lipinski definition) is 7. The van der Waals surface area contributed by atoms with Gasteiger partial charge in [-0.3, -0.25) is 4.79 Å². The maximum Gasteiger partial charge on any atom is 0.262 e. The maximum atomic E-state index is 13.0. The van der Waals surface area contributed by atoms with Gasteiger partial charge in [0.05, 0.1) is 23.4 Å². The molecule has 7 nitrogen and oxygen atoms in total. The number of aryl methyl sites for hydroxylation is 1. The fourth-order valence-electron chi connectivity index (χ4n) is 3.25. The first kappa shape index (κ1) is 19.4. The fraction of sp³-hybridized carbons (Fsp3) is 0.286. The Labute approximate surface area is 171 Å². The molecular weight excluding hydrogens is 390 g/mol. The molecule has 0 fully saturated rings. The lowest BCUT2D eigenvalue weighted by molar-refractivity contribution is 0.0939. The van der Waals surface area contributed by atoms with E-state index in [2.05, 4.69) is 15.3 Å². The number of nitrogens with zero attached hydrogens (tertiary/aromatic N) is 2. The third-order valence-electron chi connectivity index (χ3n) is 4.70. The Balaban J connectivity index is 1.64. The van der Waals surface area contributed by atoms with E-state index in [9.17, 15) is 4.79 Å². The van der Waals surface area contributed by atoms with Crippen molar-refractivity contribution in [3.05, 3.63) is 52.4 Å². The average molecular weight is 411 g/mol. The number of thiophene rings is 1. The van der Waals surface area contributed by atoms with E-state index in [-0.39, 0.29) is 18.6 Å². The number of nitrogens with one attached hydrogen (secondary N) is 1. The van der Waals surface area contributed by atoms with Gasteiger partial charge in [0.1, 0.15) is 22.8 Å². The van der Waals surface area contributed by atoms with Crippen molar-refractivity contribution < 1.29 is 18.7 Å². The van der Waals surface area contributed by atoms with Crippen LogP contribution in [0.2, 0.25) is 0 Å². The van der Waals surface area contributed by atoms with Crippen molar-refractivity contribution in [3.8, 4) is 5.88 Å². The van der Waals surface area contributed by atoms with Gasteiger partial charge in [-0.2, -0.15) is 4.98 Å². The summed E-state index contributed by atoms with van der Waals surface area (Å²) in [5.74, 6) is 1.48. The Morgan fingerprint density at radius 3 is 2.79 bits per heavy atom. The predicted molar refractivity (Wildman–Crippen MR) is 112 cm³/mol. The molecule has 1 amide bonds.